The van der Waals surface area contributed by atoms with Crippen molar-refractivity contribution >= 4 is 44.5 Å². The fraction of sp³-hybridized carbons (Fsp3) is 0.444. The Morgan fingerprint density at radius 2 is 2.12 bits per heavy atom. The van der Waals surface area contributed by atoms with Crippen LogP contribution < -0.4 is 10.6 Å². The lowest BCUT2D eigenvalue weighted by atomic mass is 9.98. The van der Waals surface area contributed by atoms with Crippen LogP contribution in [0.1, 0.15) is 37.7 Å². The standard InChI is InChI=1S/C18H20N4O3S/c1-11-5-4-6-12-14(11)20-16(26-12)19-13(23)7-10-22-15(24)18(21-17(22)25)8-2-3-9-18/h4-6H,2-3,7-10H2,1H3,(H,21,25)(H,19,20,23). The average molecular weight is 372 g/mol. The van der Waals surface area contributed by atoms with Crippen LogP contribution in [0.25, 0.3) is 10.2 Å². The number of fused-ring (bicyclic) bond motifs is 1. The van der Waals surface area contributed by atoms with Crippen LogP contribution in [-0.4, -0.2) is 39.8 Å². The molecule has 7 nitrogen and oxygen atoms in total. The Morgan fingerprint density at radius 3 is 2.85 bits per heavy atom. The summed E-state index contributed by atoms with van der Waals surface area (Å²) in [4.78, 5) is 42.6. The third-order valence-corrected chi connectivity index (χ3v) is 6.07. The van der Waals surface area contributed by atoms with Gasteiger partial charge in [-0.25, -0.2) is 9.78 Å². The fourth-order valence-electron chi connectivity index (χ4n) is 3.73. The van der Waals surface area contributed by atoms with Gasteiger partial charge in [-0.2, -0.15) is 0 Å². The summed E-state index contributed by atoms with van der Waals surface area (Å²) in [5.41, 5.74) is 1.21. The number of aryl methyl sites for hydroxylation is 1. The highest BCUT2D eigenvalue weighted by Gasteiger charge is 2.52. The van der Waals surface area contributed by atoms with Crippen LogP contribution >= 0.6 is 11.3 Å². The number of rotatable bonds is 4. The number of nitrogens with zero attached hydrogens (tertiary/aromatic N) is 2. The van der Waals surface area contributed by atoms with Gasteiger partial charge >= 0.3 is 6.03 Å². The molecule has 1 aliphatic heterocycles. The number of amides is 4. The minimum absolute atomic E-state index is 0.0597. The van der Waals surface area contributed by atoms with Crippen molar-refractivity contribution in [3.8, 4) is 0 Å². The molecule has 4 amide bonds. The second kappa shape index (κ2) is 6.35. The summed E-state index contributed by atoms with van der Waals surface area (Å²) in [7, 11) is 0. The number of hydrogen-bond donors (Lipinski definition) is 2. The van der Waals surface area contributed by atoms with Crippen LogP contribution in [0.15, 0.2) is 18.2 Å². The molecule has 2 aliphatic rings. The number of urea groups is 1. The van der Waals surface area contributed by atoms with Gasteiger partial charge in [0.05, 0.1) is 10.2 Å². The third-order valence-electron chi connectivity index (χ3n) is 5.13. The molecule has 2 fully saturated rings. The van der Waals surface area contributed by atoms with Gasteiger partial charge in [-0.3, -0.25) is 14.5 Å². The maximum absolute atomic E-state index is 12.6. The number of aromatic nitrogens is 1. The van der Waals surface area contributed by atoms with E-state index in [1.165, 1.54) is 16.2 Å². The molecule has 136 valence electrons. The van der Waals surface area contributed by atoms with Crippen molar-refractivity contribution in [2.24, 2.45) is 0 Å². The molecule has 1 aromatic heterocycles. The molecule has 0 atom stereocenters. The largest absolute Gasteiger partial charge is 0.325 e. The molecule has 8 heteroatoms. The van der Waals surface area contributed by atoms with E-state index in [2.05, 4.69) is 15.6 Å². The van der Waals surface area contributed by atoms with Crippen molar-refractivity contribution in [3.63, 3.8) is 0 Å². The Bertz CT molecular complexity index is 901. The Hall–Kier alpha value is -2.48. The zero-order valence-corrected chi connectivity index (χ0v) is 15.3. The van der Waals surface area contributed by atoms with Gasteiger partial charge in [-0.1, -0.05) is 36.3 Å². The maximum Gasteiger partial charge on any atom is 0.325 e. The number of hydrogen-bond acceptors (Lipinski definition) is 5. The van der Waals surface area contributed by atoms with Crippen LogP contribution in [0, 0.1) is 6.92 Å². The predicted octanol–water partition coefficient (Wildman–Crippen LogP) is 2.80. The van der Waals surface area contributed by atoms with Crippen LogP contribution in [0.3, 0.4) is 0 Å². The third kappa shape index (κ3) is 2.84. The summed E-state index contributed by atoms with van der Waals surface area (Å²) >= 11 is 1.41. The first-order valence-corrected chi connectivity index (χ1v) is 9.60. The molecule has 0 radical (unpaired) electrons. The molecule has 1 spiro atoms. The fourth-order valence-corrected chi connectivity index (χ4v) is 4.69. The first kappa shape index (κ1) is 17.0. The quantitative estimate of drug-likeness (QED) is 0.808. The van der Waals surface area contributed by atoms with Gasteiger partial charge in [0.2, 0.25) is 5.91 Å². The topological polar surface area (TPSA) is 91.4 Å². The summed E-state index contributed by atoms with van der Waals surface area (Å²) < 4.78 is 1.01. The van der Waals surface area contributed by atoms with Gasteiger partial charge in [0.15, 0.2) is 5.13 Å². The lowest BCUT2D eigenvalue weighted by molar-refractivity contribution is -0.131. The molecule has 2 aromatic rings. The van der Waals surface area contributed by atoms with Gasteiger partial charge in [0.25, 0.3) is 5.91 Å². The van der Waals surface area contributed by atoms with Gasteiger partial charge < -0.3 is 10.6 Å². The Kier molecular flexibility index (Phi) is 4.14. The summed E-state index contributed by atoms with van der Waals surface area (Å²) in [5, 5.41) is 6.13. The molecular formula is C18H20N4O3S. The summed E-state index contributed by atoms with van der Waals surface area (Å²) in [5.74, 6) is -0.446. The number of imide groups is 1. The smallest absolute Gasteiger partial charge is 0.323 e. The Balaban J connectivity index is 1.38. The molecule has 2 heterocycles. The first-order valence-electron chi connectivity index (χ1n) is 8.79. The second-order valence-electron chi connectivity index (χ2n) is 6.92. The van der Waals surface area contributed by atoms with Crippen molar-refractivity contribution in [2.45, 2.75) is 44.6 Å². The summed E-state index contributed by atoms with van der Waals surface area (Å²) in [6, 6.07) is 5.51. The molecular weight excluding hydrogens is 352 g/mol. The molecule has 4 rings (SSSR count). The SMILES string of the molecule is Cc1cccc2sc(NC(=O)CCN3C(=O)NC4(CCCC4)C3=O)nc12. The highest BCUT2D eigenvalue weighted by molar-refractivity contribution is 7.22. The minimum Gasteiger partial charge on any atom is -0.323 e. The molecule has 0 bridgehead atoms. The minimum atomic E-state index is -0.724. The highest BCUT2D eigenvalue weighted by atomic mass is 32.1. The molecule has 0 unspecified atom stereocenters. The molecule has 1 saturated carbocycles. The van der Waals surface area contributed by atoms with Gasteiger partial charge in [-0.15, -0.1) is 0 Å². The lowest BCUT2D eigenvalue weighted by Crippen LogP contribution is -2.44. The molecule has 1 aromatic carbocycles. The van der Waals surface area contributed by atoms with E-state index in [-0.39, 0.29) is 30.8 Å². The van der Waals surface area contributed by atoms with E-state index in [0.29, 0.717) is 18.0 Å². The molecule has 1 aliphatic carbocycles. The predicted molar refractivity (Wildman–Crippen MR) is 99.0 cm³/mol. The summed E-state index contributed by atoms with van der Waals surface area (Å²) in [6.07, 6.45) is 3.32. The van der Waals surface area contributed by atoms with E-state index < -0.39 is 5.54 Å². The van der Waals surface area contributed by atoms with Crippen molar-refractivity contribution in [1.29, 1.82) is 0 Å². The number of carbonyl (C=O) groups is 3. The van der Waals surface area contributed by atoms with E-state index in [0.717, 1.165) is 28.6 Å². The first-order chi connectivity index (χ1) is 12.5. The maximum atomic E-state index is 12.6. The number of para-hydroxylation sites is 1. The van der Waals surface area contributed by atoms with E-state index >= 15 is 0 Å². The van der Waals surface area contributed by atoms with E-state index in [4.69, 9.17) is 0 Å². The van der Waals surface area contributed by atoms with Gasteiger partial charge in [-0.05, 0) is 31.4 Å². The van der Waals surface area contributed by atoms with E-state index in [9.17, 15) is 14.4 Å². The number of carbonyl (C=O) groups excluding carboxylic acids is 3. The summed E-state index contributed by atoms with van der Waals surface area (Å²) in [6.45, 7) is 2.06. The average Bonchev–Trinajstić information content (AvgIpc) is 3.27. The Labute approximate surface area is 154 Å². The van der Waals surface area contributed by atoms with Crippen LogP contribution in [-0.2, 0) is 9.59 Å². The zero-order chi connectivity index (χ0) is 18.3. The van der Waals surface area contributed by atoms with E-state index in [1.807, 2.05) is 25.1 Å². The van der Waals surface area contributed by atoms with Crippen LogP contribution in [0.5, 0.6) is 0 Å². The van der Waals surface area contributed by atoms with Gasteiger partial charge in [0.1, 0.15) is 5.54 Å². The molecule has 1 saturated heterocycles. The zero-order valence-electron chi connectivity index (χ0n) is 14.5. The van der Waals surface area contributed by atoms with Crippen LogP contribution in [0.4, 0.5) is 9.93 Å². The van der Waals surface area contributed by atoms with Crippen molar-refractivity contribution < 1.29 is 14.4 Å². The number of anilines is 1. The monoisotopic (exact) mass is 372 g/mol. The lowest BCUT2D eigenvalue weighted by Gasteiger charge is -2.19. The van der Waals surface area contributed by atoms with Crippen molar-refractivity contribution in [3.05, 3.63) is 23.8 Å². The van der Waals surface area contributed by atoms with Crippen LogP contribution in [0.2, 0.25) is 0 Å². The molecule has 2 N–H and O–H groups in total. The number of nitrogens with one attached hydrogen (secondary N) is 2. The number of benzene rings is 1. The Morgan fingerprint density at radius 1 is 1.35 bits per heavy atom. The highest BCUT2D eigenvalue weighted by Crippen LogP contribution is 2.35. The second-order valence-corrected chi connectivity index (χ2v) is 7.95. The van der Waals surface area contributed by atoms with Crippen molar-refractivity contribution in [2.75, 3.05) is 11.9 Å². The number of thiazole rings is 1. The normalized spacial score (nSPS) is 18.7. The van der Waals surface area contributed by atoms with E-state index in [1.54, 1.807) is 0 Å². The van der Waals surface area contributed by atoms with Gasteiger partial charge in [0, 0.05) is 13.0 Å². The molecule has 26 heavy (non-hydrogen) atoms. The van der Waals surface area contributed by atoms with Crippen molar-refractivity contribution in [1.82, 2.24) is 15.2 Å².